The van der Waals surface area contributed by atoms with Crippen molar-refractivity contribution in [2.45, 2.75) is 38.8 Å². The molecule has 2 heterocycles. The molecule has 1 aliphatic heterocycles. The molecule has 1 aromatic heterocycles. The SMILES string of the molecule is Cc1c(Cc2ccccc2)c(=O)oc2c(C[NH2+]C[C@H]3CCCO3)c(O)c(Cl)cc12. The molecule has 0 aliphatic carbocycles. The number of quaternary nitrogens is 1. The fourth-order valence-electron chi connectivity index (χ4n) is 3.98. The number of aromatic hydroxyl groups is 1. The van der Waals surface area contributed by atoms with E-state index in [-0.39, 0.29) is 22.5 Å². The summed E-state index contributed by atoms with van der Waals surface area (Å²) in [6.07, 6.45) is 2.86. The Bertz CT molecular complexity index is 1070. The van der Waals surface area contributed by atoms with Crippen LogP contribution >= 0.6 is 11.6 Å². The zero-order valence-corrected chi connectivity index (χ0v) is 17.2. The lowest BCUT2D eigenvalue weighted by Crippen LogP contribution is -2.84. The lowest BCUT2D eigenvalue weighted by atomic mass is 9.98. The number of phenolic OH excluding ortho intramolecular Hbond substituents is 1. The van der Waals surface area contributed by atoms with Crippen molar-refractivity contribution in [2.75, 3.05) is 13.2 Å². The molecule has 0 radical (unpaired) electrons. The summed E-state index contributed by atoms with van der Waals surface area (Å²) in [6, 6.07) is 11.5. The largest absolute Gasteiger partial charge is 0.506 e. The molecule has 0 amide bonds. The number of halogens is 1. The van der Waals surface area contributed by atoms with Crippen LogP contribution < -0.4 is 10.9 Å². The van der Waals surface area contributed by atoms with Gasteiger partial charge in [0.25, 0.3) is 0 Å². The number of aryl methyl sites for hydroxylation is 1. The lowest BCUT2D eigenvalue weighted by Gasteiger charge is -2.14. The first-order chi connectivity index (χ1) is 14.0. The molecule has 0 bridgehead atoms. The van der Waals surface area contributed by atoms with E-state index >= 15 is 0 Å². The van der Waals surface area contributed by atoms with Gasteiger partial charge in [-0.15, -0.1) is 0 Å². The third-order valence-corrected chi connectivity index (χ3v) is 5.91. The number of nitrogens with two attached hydrogens (primary N) is 1. The van der Waals surface area contributed by atoms with Crippen LogP contribution in [0.4, 0.5) is 0 Å². The second-order valence-corrected chi connectivity index (χ2v) is 7.99. The number of benzene rings is 2. The molecule has 1 atom stereocenters. The van der Waals surface area contributed by atoms with Crippen LogP contribution in [0.3, 0.4) is 0 Å². The highest BCUT2D eigenvalue weighted by Crippen LogP contribution is 2.35. The Morgan fingerprint density at radius 1 is 1.24 bits per heavy atom. The van der Waals surface area contributed by atoms with Crippen LogP contribution in [0.25, 0.3) is 11.0 Å². The van der Waals surface area contributed by atoms with E-state index in [9.17, 15) is 9.90 Å². The zero-order valence-electron chi connectivity index (χ0n) is 16.4. The summed E-state index contributed by atoms with van der Waals surface area (Å²) in [4.78, 5) is 12.8. The smallest absolute Gasteiger partial charge is 0.340 e. The minimum atomic E-state index is -0.374. The van der Waals surface area contributed by atoms with E-state index in [1.54, 1.807) is 6.07 Å². The Kier molecular flexibility index (Phi) is 5.90. The van der Waals surface area contributed by atoms with Crippen molar-refractivity contribution < 1.29 is 19.6 Å². The maximum atomic E-state index is 12.8. The molecular formula is C23H25ClNO4+. The van der Waals surface area contributed by atoms with Crippen LogP contribution in [-0.4, -0.2) is 24.4 Å². The van der Waals surface area contributed by atoms with Gasteiger partial charge in [0.1, 0.15) is 24.9 Å². The molecule has 5 nitrogen and oxygen atoms in total. The molecule has 0 unspecified atom stereocenters. The van der Waals surface area contributed by atoms with E-state index in [2.05, 4.69) is 5.32 Å². The van der Waals surface area contributed by atoms with Crippen LogP contribution in [-0.2, 0) is 17.7 Å². The van der Waals surface area contributed by atoms with Gasteiger partial charge < -0.3 is 19.6 Å². The first-order valence-corrected chi connectivity index (χ1v) is 10.4. The third kappa shape index (κ3) is 4.17. The maximum Gasteiger partial charge on any atom is 0.340 e. The summed E-state index contributed by atoms with van der Waals surface area (Å²) in [6.45, 7) is 3.97. The Morgan fingerprint density at radius 3 is 2.76 bits per heavy atom. The first-order valence-electron chi connectivity index (χ1n) is 9.98. The summed E-state index contributed by atoms with van der Waals surface area (Å²) < 4.78 is 11.4. The van der Waals surface area contributed by atoms with Gasteiger partial charge in [-0.25, -0.2) is 4.79 Å². The molecule has 3 aromatic rings. The second-order valence-electron chi connectivity index (χ2n) is 7.58. The Labute approximate surface area is 174 Å². The minimum absolute atomic E-state index is 0.0267. The lowest BCUT2D eigenvalue weighted by molar-refractivity contribution is -0.676. The molecule has 0 spiro atoms. The molecule has 3 N–H and O–H groups in total. The van der Waals surface area contributed by atoms with Crippen molar-refractivity contribution in [3.63, 3.8) is 0 Å². The van der Waals surface area contributed by atoms with Crippen molar-refractivity contribution in [1.82, 2.24) is 0 Å². The van der Waals surface area contributed by atoms with Gasteiger partial charge in [-0.1, -0.05) is 41.9 Å². The molecule has 4 rings (SSSR count). The standard InChI is InChI=1S/C23H24ClNO4/c1-14-17-11-20(24)21(26)19(13-25-12-16-8-5-9-28-16)22(17)29-23(27)18(14)10-15-6-3-2-4-7-15/h2-4,6-7,11,16,25-26H,5,8-10,12-13H2,1H3/p+1/t16-/m1/s1. The highest BCUT2D eigenvalue weighted by atomic mass is 35.5. The number of hydrogen-bond donors (Lipinski definition) is 2. The van der Waals surface area contributed by atoms with Gasteiger partial charge in [0.15, 0.2) is 5.58 Å². The highest BCUT2D eigenvalue weighted by molar-refractivity contribution is 6.33. The fourth-order valence-corrected chi connectivity index (χ4v) is 4.20. The fraction of sp³-hybridized carbons (Fsp3) is 0.348. The number of rotatable bonds is 6. The molecule has 1 saturated heterocycles. The molecule has 1 aliphatic rings. The van der Waals surface area contributed by atoms with E-state index in [1.807, 2.05) is 37.3 Å². The van der Waals surface area contributed by atoms with Crippen molar-refractivity contribution in [2.24, 2.45) is 0 Å². The molecule has 2 aromatic carbocycles. The number of hydrogen-bond acceptors (Lipinski definition) is 4. The monoisotopic (exact) mass is 414 g/mol. The van der Waals surface area contributed by atoms with Crippen molar-refractivity contribution in [1.29, 1.82) is 0 Å². The van der Waals surface area contributed by atoms with Gasteiger partial charge >= 0.3 is 5.63 Å². The average Bonchev–Trinajstić information content (AvgIpc) is 3.23. The summed E-state index contributed by atoms with van der Waals surface area (Å²) in [5, 5.41) is 13.6. The normalized spacial score (nSPS) is 16.6. The maximum absolute atomic E-state index is 12.8. The molecule has 29 heavy (non-hydrogen) atoms. The van der Waals surface area contributed by atoms with Gasteiger partial charge in [0.05, 0.1) is 10.6 Å². The minimum Gasteiger partial charge on any atom is -0.506 e. The van der Waals surface area contributed by atoms with Crippen LogP contribution in [0.5, 0.6) is 5.75 Å². The van der Waals surface area contributed by atoms with E-state index in [0.29, 0.717) is 29.7 Å². The van der Waals surface area contributed by atoms with Gasteiger partial charge in [-0.05, 0) is 37.0 Å². The van der Waals surface area contributed by atoms with E-state index in [0.717, 1.165) is 42.5 Å². The highest BCUT2D eigenvalue weighted by Gasteiger charge is 2.22. The number of fused-ring (bicyclic) bond motifs is 1. The Balaban J connectivity index is 1.70. The van der Waals surface area contributed by atoms with Crippen molar-refractivity contribution >= 4 is 22.6 Å². The van der Waals surface area contributed by atoms with E-state index in [4.69, 9.17) is 20.8 Å². The molecule has 0 saturated carbocycles. The summed E-state index contributed by atoms with van der Waals surface area (Å²) >= 11 is 6.31. The Hall–Kier alpha value is -2.34. The predicted octanol–water partition coefficient (Wildman–Crippen LogP) is 3.29. The van der Waals surface area contributed by atoms with Crippen LogP contribution in [0.2, 0.25) is 5.02 Å². The second kappa shape index (κ2) is 8.57. The first kappa shape index (κ1) is 20.0. The molecule has 152 valence electrons. The zero-order chi connectivity index (χ0) is 20.4. The average molecular weight is 415 g/mol. The van der Waals surface area contributed by atoms with Crippen LogP contribution in [0.15, 0.2) is 45.6 Å². The number of ether oxygens (including phenoxy) is 1. The van der Waals surface area contributed by atoms with E-state index in [1.165, 1.54) is 0 Å². The van der Waals surface area contributed by atoms with Gasteiger partial charge in [-0.3, -0.25) is 0 Å². The predicted molar refractivity (Wildman–Crippen MR) is 113 cm³/mol. The van der Waals surface area contributed by atoms with Crippen LogP contribution in [0, 0.1) is 6.92 Å². The third-order valence-electron chi connectivity index (χ3n) is 5.63. The molecular weight excluding hydrogens is 390 g/mol. The van der Waals surface area contributed by atoms with Crippen LogP contribution in [0.1, 0.15) is 35.1 Å². The quantitative estimate of drug-likeness (QED) is 0.607. The summed E-state index contributed by atoms with van der Waals surface area (Å²) in [5.74, 6) is -0.0267. The Morgan fingerprint density at radius 2 is 2.03 bits per heavy atom. The van der Waals surface area contributed by atoms with Crippen molar-refractivity contribution in [3.05, 3.63) is 74.1 Å². The summed E-state index contributed by atoms with van der Waals surface area (Å²) in [7, 11) is 0. The number of phenols is 1. The molecule has 6 heteroatoms. The topological polar surface area (TPSA) is 76.3 Å². The van der Waals surface area contributed by atoms with Gasteiger partial charge in [-0.2, -0.15) is 0 Å². The molecule has 1 fully saturated rings. The van der Waals surface area contributed by atoms with E-state index < -0.39 is 0 Å². The summed E-state index contributed by atoms with van der Waals surface area (Å²) in [5.41, 5.74) is 3.08. The van der Waals surface area contributed by atoms with Gasteiger partial charge in [0.2, 0.25) is 0 Å². The van der Waals surface area contributed by atoms with Gasteiger partial charge in [0, 0.05) is 24.0 Å². The van der Waals surface area contributed by atoms with Crippen molar-refractivity contribution in [3.8, 4) is 5.75 Å².